The number of aliphatic hydroxyl groups is 1. The molecule has 6 heteroatoms. The van der Waals surface area contributed by atoms with Gasteiger partial charge in [-0.25, -0.2) is 0 Å². The molecule has 0 saturated heterocycles. The Morgan fingerprint density at radius 1 is 1.31 bits per heavy atom. The van der Waals surface area contributed by atoms with Crippen LogP contribution in [0.1, 0.15) is 11.1 Å². The summed E-state index contributed by atoms with van der Waals surface area (Å²) in [5, 5.41) is 7.75. The van der Waals surface area contributed by atoms with Gasteiger partial charge in [-0.15, -0.1) is 0 Å². The molecule has 1 rings (SSSR count). The molecule has 0 bridgehead atoms. The molecule has 0 amide bonds. The van der Waals surface area contributed by atoms with Crippen molar-refractivity contribution in [2.75, 3.05) is 13.2 Å². The van der Waals surface area contributed by atoms with E-state index in [1.165, 1.54) is 6.07 Å². The van der Waals surface area contributed by atoms with Crippen molar-refractivity contribution in [2.24, 2.45) is 5.73 Å². The quantitative estimate of drug-likeness (QED) is 0.660. The highest BCUT2D eigenvalue weighted by Gasteiger charge is 2.11. The molecule has 0 aromatic heterocycles. The van der Waals surface area contributed by atoms with Crippen molar-refractivity contribution in [3.05, 3.63) is 29.3 Å². The maximum Gasteiger partial charge on any atom is 0.294 e. The maximum absolute atomic E-state index is 10.7. The molecule has 0 aliphatic heterocycles. The summed E-state index contributed by atoms with van der Waals surface area (Å²) >= 11 is 0. The van der Waals surface area contributed by atoms with Crippen LogP contribution in [0.15, 0.2) is 23.1 Å². The molecule has 0 aliphatic carbocycles. The zero-order chi connectivity index (χ0) is 12.8. The summed E-state index contributed by atoms with van der Waals surface area (Å²) in [4.78, 5) is -0.0203. The topological polar surface area (TPSA) is 101 Å². The van der Waals surface area contributed by atoms with E-state index in [2.05, 4.69) is 0 Å². The van der Waals surface area contributed by atoms with Gasteiger partial charge < -0.3 is 10.8 Å². The van der Waals surface area contributed by atoms with Gasteiger partial charge >= 0.3 is 0 Å². The van der Waals surface area contributed by atoms with Gasteiger partial charge in [-0.05, 0) is 25.5 Å². The Hall–Kier alpha value is -0.950. The third-order valence-electron chi connectivity index (χ3n) is 1.74. The Kier molecular flexibility index (Phi) is 6.20. The fourth-order valence-electron chi connectivity index (χ4n) is 1.09. The Labute approximate surface area is 95.7 Å². The SMILES string of the molecule is Cc1ccc(S(=O)(=O)O)c(C)c1.NCCO. The zero-order valence-corrected chi connectivity index (χ0v) is 10.2. The zero-order valence-electron chi connectivity index (χ0n) is 9.34. The lowest BCUT2D eigenvalue weighted by Gasteiger charge is -2.02. The van der Waals surface area contributed by atoms with E-state index in [1.54, 1.807) is 19.1 Å². The molecule has 0 spiro atoms. The summed E-state index contributed by atoms with van der Waals surface area (Å²) in [5.41, 5.74) is 6.32. The molecular formula is C10H17NO4S. The average molecular weight is 247 g/mol. The first-order chi connectivity index (χ1) is 7.32. The molecule has 0 fully saturated rings. The summed E-state index contributed by atoms with van der Waals surface area (Å²) in [6, 6.07) is 4.76. The number of hydrogen-bond acceptors (Lipinski definition) is 4. The summed E-state index contributed by atoms with van der Waals surface area (Å²) < 4.78 is 30.2. The predicted molar refractivity (Wildman–Crippen MR) is 61.9 cm³/mol. The van der Waals surface area contributed by atoms with E-state index < -0.39 is 10.1 Å². The molecule has 0 atom stereocenters. The predicted octanol–water partition coefficient (Wildman–Crippen LogP) is 0.488. The van der Waals surface area contributed by atoms with Crippen LogP contribution in [0.3, 0.4) is 0 Å². The van der Waals surface area contributed by atoms with Gasteiger partial charge in [0, 0.05) is 6.54 Å². The number of aliphatic hydroxyl groups excluding tert-OH is 1. The van der Waals surface area contributed by atoms with Crippen molar-refractivity contribution in [1.82, 2.24) is 0 Å². The van der Waals surface area contributed by atoms with Gasteiger partial charge in [-0.2, -0.15) is 8.42 Å². The van der Waals surface area contributed by atoms with E-state index in [0.717, 1.165) is 5.56 Å². The summed E-state index contributed by atoms with van der Waals surface area (Å²) in [7, 11) is -4.05. The van der Waals surface area contributed by atoms with Crippen molar-refractivity contribution >= 4 is 10.1 Å². The van der Waals surface area contributed by atoms with Gasteiger partial charge in [0.05, 0.1) is 11.5 Å². The van der Waals surface area contributed by atoms with Crippen LogP contribution >= 0.6 is 0 Å². The van der Waals surface area contributed by atoms with Gasteiger partial charge in [0.25, 0.3) is 10.1 Å². The first-order valence-electron chi connectivity index (χ1n) is 4.68. The van der Waals surface area contributed by atoms with E-state index in [4.69, 9.17) is 15.4 Å². The minimum Gasteiger partial charge on any atom is -0.395 e. The fraction of sp³-hybridized carbons (Fsp3) is 0.400. The summed E-state index contributed by atoms with van der Waals surface area (Å²) in [6.07, 6.45) is 0. The highest BCUT2D eigenvalue weighted by atomic mass is 32.2. The molecule has 0 unspecified atom stereocenters. The second-order valence-electron chi connectivity index (χ2n) is 3.26. The second-order valence-corrected chi connectivity index (χ2v) is 4.65. The van der Waals surface area contributed by atoms with E-state index in [1.807, 2.05) is 6.92 Å². The molecule has 0 radical (unpaired) electrons. The van der Waals surface area contributed by atoms with E-state index in [-0.39, 0.29) is 11.5 Å². The van der Waals surface area contributed by atoms with E-state index in [0.29, 0.717) is 12.1 Å². The molecule has 5 nitrogen and oxygen atoms in total. The number of nitrogens with two attached hydrogens (primary N) is 1. The van der Waals surface area contributed by atoms with Crippen LogP contribution in [0.5, 0.6) is 0 Å². The Morgan fingerprint density at radius 2 is 1.81 bits per heavy atom. The van der Waals surface area contributed by atoms with Crippen molar-refractivity contribution in [2.45, 2.75) is 18.7 Å². The molecule has 1 aromatic rings. The third kappa shape index (κ3) is 5.22. The lowest BCUT2D eigenvalue weighted by Crippen LogP contribution is -2.02. The molecule has 0 saturated carbocycles. The van der Waals surface area contributed by atoms with Gasteiger partial charge in [-0.1, -0.05) is 17.7 Å². The standard InChI is InChI=1S/C8H10O3S.C2H7NO/c1-6-3-4-8(7(2)5-6)12(9,10)11;3-1-2-4/h3-5H,1-2H3,(H,9,10,11);4H,1-3H2. The van der Waals surface area contributed by atoms with Crippen LogP contribution in [0.25, 0.3) is 0 Å². The van der Waals surface area contributed by atoms with E-state index in [9.17, 15) is 8.42 Å². The van der Waals surface area contributed by atoms with Crippen LogP contribution in [0, 0.1) is 13.8 Å². The number of aryl methyl sites for hydroxylation is 2. The fourth-order valence-corrected chi connectivity index (χ4v) is 1.79. The first-order valence-corrected chi connectivity index (χ1v) is 6.12. The molecule has 4 N–H and O–H groups in total. The molecule has 1 aromatic carbocycles. The monoisotopic (exact) mass is 247 g/mol. The number of hydrogen-bond donors (Lipinski definition) is 3. The minimum atomic E-state index is -4.05. The number of rotatable bonds is 2. The molecule has 0 aliphatic rings. The summed E-state index contributed by atoms with van der Waals surface area (Å²) in [5.74, 6) is 0. The lowest BCUT2D eigenvalue weighted by molar-refractivity contribution is 0.306. The van der Waals surface area contributed by atoms with Crippen LogP contribution in [0.2, 0.25) is 0 Å². The van der Waals surface area contributed by atoms with Crippen molar-refractivity contribution in [3.63, 3.8) is 0 Å². The van der Waals surface area contributed by atoms with Crippen molar-refractivity contribution < 1.29 is 18.1 Å². The van der Waals surface area contributed by atoms with Crippen molar-refractivity contribution in [1.29, 1.82) is 0 Å². The van der Waals surface area contributed by atoms with Crippen LogP contribution in [-0.2, 0) is 10.1 Å². The van der Waals surface area contributed by atoms with Crippen LogP contribution < -0.4 is 5.73 Å². The smallest absolute Gasteiger partial charge is 0.294 e. The lowest BCUT2D eigenvalue weighted by atomic mass is 10.2. The number of benzene rings is 1. The first kappa shape index (κ1) is 15.0. The maximum atomic E-state index is 10.7. The Morgan fingerprint density at radius 3 is 2.12 bits per heavy atom. The average Bonchev–Trinajstić information content (AvgIpc) is 2.16. The van der Waals surface area contributed by atoms with Crippen LogP contribution in [0.4, 0.5) is 0 Å². The normalized spacial score (nSPS) is 10.6. The molecule has 16 heavy (non-hydrogen) atoms. The van der Waals surface area contributed by atoms with E-state index >= 15 is 0 Å². The Balaban J connectivity index is 0.000000487. The molecule has 0 heterocycles. The van der Waals surface area contributed by atoms with Gasteiger partial charge in [0.15, 0.2) is 0 Å². The molecular weight excluding hydrogens is 230 g/mol. The highest BCUT2D eigenvalue weighted by molar-refractivity contribution is 7.85. The van der Waals surface area contributed by atoms with Gasteiger partial charge in [-0.3, -0.25) is 4.55 Å². The largest absolute Gasteiger partial charge is 0.395 e. The Bertz CT molecular complexity index is 426. The van der Waals surface area contributed by atoms with Gasteiger partial charge in [0.1, 0.15) is 0 Å². The minimum absolute atomic E-state index is 0.0203. The highest BCUT2D eigenvalue weighted by Crippen LogP contribution is 2.15. The van der Waals surface area contributed by atoms with Crippen LogP contribution in [-0.4, -0.2) is 31.2 Å². The summed E-state index contributed by atoms with van der Waals surface area (Å²) in [6.45, 7) is 3.98. The second kappa shape index (κ2) is 6.59. The van der Waals surface area contributed by atoms with Crippen molar-refractivity contribution in [3.8, 4) is 0 Å². The molecule has 92 valence electrons. The van der Waals surface area contributed by atoms with Gasteiger partial charge in [0.2, 0.25) is 0 Å². The third-order valence-corrected chi connectivity index (χ3v) is 2.75.